The molecule has 6 heteroatoms. The van der Waals surface area contributed by atoms with Crippen molar-refractivity contribution in [2.24, 2.45) is 5.92 Å². The van der Waals surface area contributed by atoms with Crippen LogP contribution in [0.15, 0.2) is 0 Å². The molecule has 1 atom stereocenters. The molecule has 0 bridgehead atoms. The second kappa shape index (κ2) is 45.5. The average Bonchev–Trinajstić information content (AvgIpc) is 3.19. The van der Waals surface area contributed by atoms with Gasteiger partial charge in [0, 0.05) is 19.3 Å². The Morgan fingerprint density at radius 1 is 0.333 bits per heavy atom. The van der Waals surface area contributed by atoms with E-state index in [4.69, 9.17) is 14.2 Å². The average molecular weight is 807 g/mol. The molecule has 0 aliphatic carbocycles. The van der Waals surface area contributed by atoms with Crippen LogP contribution in [0.1, 0.15) is 285 Å². The van der Waals surface area contributed by atoms with Crippen LogP contribution >= 0.6 is 0 Å². The Bertz CT molecular complexity index is 857. The van der Waals surface area contributed by atoms with Gasteiger partial charge in [-0.1, -0.05) is 246 Å². The van der Waals surface area contributed by atoms with Gasteiger partial charge in [0.15, 0.2) is 6.10 Å². The fourth-order valence-corrected chi connectivity index (χ4v) is 7.69. The molecule has 0 unspecified atom stereocenters. The molecular weight excluding hydrogens is 709 g/mol. The van der Waals surface area contributed by atoms with E-state index in [1.165, 1.54) is 180 Å². The van der Waals surface area contributed by atoms with Crippen LogP contribution in [0.5, 0.6) is 0 Å². The van der Waals surface area contributed by atoms with Crippen molar-refractivity contribution in [2.45, 2.75) is 291 Å². The van der Waals surface area contributed by atoms with Crippen molar-refractivity contribution in [3.05, 3.63) is 0 Å². The first-order chi connectivity index (χ1) is 27.9. The maximum Gasteiger partial charge on any atom is 0.306 e. The van der Waals surface area contributed by atoms with E-state index in [0.29, 0.717) is 19.3 Å². The Kier molecular flexibility index (Phi) is 44.2. The van der Waals surface area contributed by atoms with Gasteiger partial charge in [-0.25, -0.2) is 0 Å². The summed E-state index contributed by atoms with van der Waals surface area (Å²) in [6.07, 6.45) is 46.5. The smallest absolute Gasteiger partial charge is 0.306 e. The van der Waals surface area contributed by atoms with Crippen LogP contribution in [-0.2, 0) is 28.6 Å². The zero-order valence-corrected chi connectivity index (χ0v) is 38.8. The molecule has 0 N–H and O–H groups in total. The summed E-state index contributed by atoms with van der Waals surface area (Å²) in [4.78, 5) is 37.8. The normalized spacial score (nSPS) is 11.9. The number of carbonyl (C=O) groups is 3. The van der Waals surface area contributed by atoms with Crippen LogP contribution in [0, 0.1) is 5.92 Å². The zero-order chi connectivity index (χ0) is 41.7. The van der Waals surface area contributed by atoms with Crippen LogP contribution in [0.4, 0.5) is 0 Å². The Morgan fingerprint density at radius 3 is 0.860 bits per heavy atom. The Labute approximate surface area is 355 Å². The summed E-state index contributed by atoms with van der Waals surface area (Å²) in [5, 5.41) is 0. The number of rotatable bonds is 46. The van der Waals surface area contributed by atoms with Gasteiger partial charge in [-0.05, 0) is 25.2 Å². The van der Waals surface area contributed by atoms with Crippen molar-refractivity contribution in [1.82, 2.24) is 0 Å². The van der Waals surface area contributed by atoms with Crippen LogP contribution in [0.2, 0.25) is 0 Å². The molecule has 0 rings (SSSR count). The Morgan fingerprint density at radius 2 is 0.579 bits per heavy atom. The minimum atomic E-state index is -0.759. The van der Waals surface area contributed by atoms with Crippen molar-refractivity contribution >= 4 is 17.9 Å². The van der Waals surface area contributed by atoms with E-state index < -0.39 is 6.10 Å². The minimum absolute atomic E-state index is 0.0628. The first-order valence-corrected chi connectivity index (χ1v) is 25.4. The van der Waals surface area contributed by atoms with E-state index in [2.05, 4.69) is 27.7 Å². The molecule has 0 aromatic carbocycles. The van der Waals surface area contributed by atoms with E-state index in [1.54, 1.807) is 0 Å². The topological polar surface area (TPSA) is 78.9 Å². The van der Waals surface area contributed by atoms with Gasteiger partial charge in [0.05, 0.1) is 0 Å². The molecule has 0 heterocycles. The molecule has 0 aliphatic rings. The van der Waals surface area contributed by atoms with Crippen molar-refractivity contribution < 1.29 is 28.6 Å². The summed E-state index contributed by atoms with van der Waals surface area (Å²) in [5.41, 5.74) is 0. The van der Waals surface area contributed by atoms with E-state index in [1.807, 2.05) is 0 Å². The molecule has 0 spiro atoms. The quantitative estimate of drug-likeness (QED) is 0.0346. The van der Waals surface area contributed by atoms with Crippen LogP contribution in [-0.4, -0.2) is 37.2 Å². The lowest BCUT2D eigenvalue weighted by atomic mass is 10.0. The fraction of sp³-hybridized carbons (Fsp3) is 0.941. The standard InChI is InChI=1S/C51H98O6/c1-5-7-9-11-13-15-17-19-23-27-31-35-39-43-50(53)56-46-48(45-55-49(52)42-38-34-30-26-16-14-12-10-8-6-2)57-51(54)44-40-36-32-28-24-21-18-20-22-25-29-33-37-41-47(3)4/h47-48H,5-46H2,1-4H3/t48-/m0/s1. The third kappa shape index (κ3) is 45.3. The third-order valence-electron chi connectivity index (χ3n) is 11.5. The highest BCUT2D eigenvalue weighted by Crippen LogP contribution is 2.17. The minimum Gasteiger partial charge on any atom is -0.462 e. The number of carbonyl (C=O) groups excluding carboxylic acids is 3. The third-order valence-corrected chi connectivity index (χ3v) is 11.5. The van der Waals surface area contributed by atoms with Gasteiger partial charge in [0.1, 0.15) is 13.2 Å². The molecule has 338 valence electrons. The SMILES string of the molecule is CCCCCCCCCCCCCCCC(=O)OC[C@H](COC(=O)CCCCCCCCCCCC)OC(=O)CCCCCCCCCCCCCCCC(C)C. The number of unbranched alkanes of at least 4 members (excludes halogenated alkanes) is 33. The lowest BCUT2D eigenvalue weighted by Gasteiger charge is -2.18. The predicted molar refractivity (Wildman–Crippen MR) is 243 cm³/mol. The molecule has 6 nitrogen and oxygen atoms in total. The van der Waals surface area contributed by atoms with Gasteiger partial charge >= 0.3 is 17.9 Å². The highest BCUT2D eigenvalue weighted by atomic mass is 16.6. The van der Waals surface area contributed by atoms with E-state index in [0.717, 1.165) is 63.7 Å². The van der Waals surface area contributed by atoms with Crippen molar-refractivity contribution in [2.75, 3.05) is 13.2 Å². The molecule has 0 saturated heterocycles. The zero-order valence-electron chi connectivity index (χ0n) is 38.8. The first kappa shape index (κ1) is 55.4. The monoisotopic (exact) mass is 807 g/mol. The summed E-state index contributed by atoms with van der Waals surface area (Å²) in [6, 6.07) is 0. The van der Waals surface area contributed by atoms with Gasteiger partial charge in [-0.3, -0.25) is 14.4 Å². The van der Waals surface area contributed by atoms with E-state index in [-0.39, 0.29) is 31.1 Å². The van der Waals surface area contributed by atoms with Gasteiger partial charge in [-0.15, -0.1) is 0 Å². The lowest BCUT2D eigenvalue weighted by Crippen LogP contribution is -2.30. The van der Waals surface area contributed by atoms with Gasteiger partial charge in [0.2, 0.25) is 0 Å². The second-order valence-corrected chi connectivity index (χ2v) is 17.9. The summed E-state index contributed by atoms with van der Waals surface area (Å²) >= 11 is 0. The summed E-state index contributed by atoms with van der Waals surface area (Å²) in [6.45, 7) is 9.02. The number of hydrogen-bond acceptors (Lipinski definition) is 6. The first-order valence-electron chi connectivity index (χ1n) is 25.4. The Balaban J connectivity index is 4.29. The molecular formula is C51H98O6. The van der Waals surface area contributed by atoms with E-state index in [9.17, 15) is 14.4 Å². The van der Waals surface area contributed by atoms with E-state index >= 15 is 0 Å². The van der Waals surface area contributed by atoms with Crippen molar-refractivity contribution in [3.63, 3.8) is 0 Å². The van der Waals surface area contributed by atoms with Crippen molar-refractivity contribution in [1.29, 1.82) is 0 Å². The van der Waals surface area contributed by atoms with Gasteiger partial charge in [-0.2, -0.15) is 0 Å². The Hall–Kier alpha value is -1.59. The molecule has 0 radical (unpaired) electrons. The fourth-order valence-electron chi connectivity index (χ4n) is 7.69. The van der Waals surface area contributed by atoms with Crippen LogP contribution in [0.3, 0.4) is 0 Å². The second-order valence-electron chi connectivity index (χ2n) is 17.9. The summed E-state index contributed by atoms with van der Waals surface area (Å²) in [5.74, 6) is -0.00843. The summed E-state index contributed by atoms with van der Waals surface area (Å²) < 4.78 is 16.8. The van der Waals surface area contributed by atoms with Crippen LogP contribution in [0.25, 0.3) is 0 Å². The molecule has 57 heavy (non-hydrogen) atoms. The molecule has 0 fully saturated rings. The largest absolute Gasteiger partial charge is 0.462 e. The van der Waals surface area contributed by atoms with Crippen molar-refractivity contribution in [3.8, 4) is 0 Å². The number of ether oxygens (including phenoxy) is 3. The number of esters is 3. The molecule has 0 aromatic heterocycles. The van der Waals surface area contributed by atoms with Gasteiger partial charge in [0.25, 0.3) is 0 Å². The maximum atomic E-state index is 12.8. The lowest BCUT2D eigenvalue weighted by molar-refractivity contribution is -0.167. The molecule has 0 aliphatic heterocycles. The molecule has 0 amide bonds. The highest BCUT2D eigenvalue weighted by Gasteiger charge is 2.19. The summed E-state index contributed by atoms with van der Waals surface area (Å²) in [7, 11) is 0. The predicted octanol–water partition coefficient (Wildman–Crippen LogP) is 16.3. The maximum absolute atomic E-state index is 12.8. The van der Waals surface area contributed by atoms with Crippen LogP contribution < -0.4 is 0 Å². The highest BCUT2D eigenvalue weighted by molar-refractivity contribution is 5.71. The van der Waals surface area contributed by atoms with Gasteiger partial charge < -0.3 is 14.2 Å². The molecule has 0 aromatic rings. The number of hydrogen-bond donors (Lipinski definition) is 0. The molecule has 0 saturated carbocycles.